The lowest BCUT2D eigenvalue weighted by Crippen LogP contribution is -2.54. The molecule has 3 aliphatic rings. The normalized spacial score (nSPS) is 36.8. The van der Waals surface area contributed by atoms with E-state index in [1.54, 1.807) is 0 Å². The molecule has 2 heterocycles. The van der Waals surface area contributed by atoms with E-state index in [9.17, 15) is 9.90 Å². The maximum atomic E-state index is 12.4. The van der Waals surface area contributed by atoms with Gasteiger partial charge in [0.1, 0.15) is 5.78 Å². The molecule has 0 amide bonds. The van der Waals surface area contributed by atoms with Crippen LogP contribution < -0.4 is 0 Å². The lowest BCUT2D eigenvalue weighted by atomic mass is 9.68. The number of hydrogen-bond acceptors (Lipinski definition) is 4. The maximum absolute atomic E-state index is 12.4. The molecule has 6 atom stereocenters. The first kappa shape index (κ1) is 23.2. The van der Waals surface area contributed by atoms with Crippen LogP contribution in [0.15, 0.2) is 46.6 Å². The number of hydrogen-bond donors (Lipinski definition) is 1. The van der Waals surface area contributed by atoms with Crippen molar-refractivity contribution in [2.75, 3.05) is 6.61 Å². The largest absolute Gasteiger partial charge is 0.392 e. The molecule has 0 aromatic heterocycles. The Bertz CT molecular complexity index is 783. The first-order valence-electron chi connectivity index (χ1n) is 11.3. The molecule has 30 heavy (non-hydrogen) atoms. The first-order chi connectivity index (χ1) is 14.1. The number of allylic oxidation sites excluding steroid dienone is 3. The molecule has 0 aromatic carbocycles. The molecule has 3 rings (SSSR count). The van der Waals surface area contributed by atoms with E-state index in [-0.39, 0.29) is 42.4 Å². The highest BCUT2D eigenvalue weighted by atomic mass is 16.7. The van der Waals surface area contributed by atoms with Gasteiger partial charge in [-0.15, -0.1) is 0 Å². The fraction of sp³-hybridized carbons (Fsp3) is 0.654. The van der Waals surface area contributed by atoms with Gasteiger partial charge in [0.05, 0.1) is 18.8 Å². The third kappa shape index (κ3) is 5.04. The number of aliphatic hydroxyl groups excluding tert-OH is 1. The van der Waals surface area contributed by atoms with Gasteiger partial charge in [-0.05, 0) is 70.6 Å². The summed E-state index contributed by atoms with van der Waals surface area (Å²) < 4.78 is 13.1. The third-order valence-electron chi connectivity index (χ3n) is 6.87. The molecule has 0 unspecified atom stereocenters. The number of carbonyl (C=O) groups is 1. The number of Topliss-reactive ketones (excluding diaryl/α,β-unsaturated/α-hetero) is 1. The van der Waals surface area contributed by atoms with Gasteiger partial charge >= 0.3 is 0 Å². The van der Waals surface area contributed by atoms with Gasteiger partial charge in [0, 0.05) is 18.3 Å². The van der Waals surface area contributed by atoms with Crippen LogP contribution in [0.5, 0.6) is 0 Å². The summed E-state index contributed by atoms with van der Waals surface area (Å²) in [4.78, 5) is 12.4. The number of aliphatic hydroxyl groups is 1. The van der Waals surface area contributed by atoms with Crippen molar-refractivity contribution in [3.63, 3.8) is 0 Å². The maximum Gasteiger partial charge on any atom is 0.209 e. The van der Waals surface area contributed by atoms with Crippen molar-refractivity contribution in [1.29, 1.82) is 0 Å². The molecule has 1 N–H and O–H groups in total. The van der Waals surface area contributed by atoms with Crippen molar-refractivity contribution in [2.45, 2.75) is 85.2 Å². The number of carbonyl (C=O) groups excluding carboxylic acids is 1. The third-order valence-corrected chi connectivity index (χ3v) is 6.87. The standard InChI is InChI=1S/C26H38O4/c1-16(2)8-7-9-17(3)10-22-11-18(4)13-26(29-22)14-21(15-27)23-12-24(28)19(5)20(6)25(23)30-26/h8,10,13-14,19-20,22-23,25,27H,7,9,11-12,15H2,1-6H3/t19-,20-,22+,23+,25+,26-/m0/s1. The van der Waals surface area contributed by atoms with Crippen molar-refractivity contribution >= 4 is 5.78 Å². The van der Waals surface area contributed by atoms with Gasteiger partial charge in [-0.2, -0.15) is 0 Å². The number of ether oxygens (including phenoxy) is 2. The SMILES string of the molecule is CC(C)=CCCC(C)=C[C@@H]1CC(C)=C[C@]2(C=C(CO)[C@H]3CC(=O)[C@@H](C)[C@H](C)[C@H]3O2)O1. The van der Waals surface area contributed by atoms with Gasteiger partial charge in [0.2, 0.25) is 5.79 Å². The van der Waals surface area contributed by atoms with E-state index in [2.05, 4.69) is 52.8 Å². The second kappa shape index (κ2) is 9.33. The second-order valence-corrected chi connectivity index (χ2v) is 9.79. The summed E-state index contributed by atoms with van der Waals surface area (Å²) >= 11 is 0. The molecule has 0 bridgehead atoms. The Balaban J connectivity index is 1.85. The Morgan fingerprint density at radius 1 is 1.20 bits per heavy atom. The van der Waals surface area contributed by atoms with Crippen LogP contribution in [-0.4, -0.2) is 35.5 Å². The fourth-order valence-corrected chi connectivity index (χ4v) is 5.02. The van der Waals surface area contributed by atoms with Gasteiger partial charge in [-0.25, -0.2) is 0 Å². The molecule has 1 fully saturated rings. The van der Waals surface area contributed by atoms with Crippen LogP contribution in [0, 0.1) is 17.8 Å². The number of rotatable bonds is 5. The molecular formula is C26H38O4. The van der Waals surface area contributed by atoms with Crippen LogP contribution in [0.1, 0.15) is 67.2 Å². The Morgan fingerprint density at radius 2 is 1.93 bits per heavy atom. The highest BCUT2D eigenvalue weighted by Crippen LogP contribution is 2.46. The van der Waals surface area contributed by atoms with Crippen LogP contribution in [0.3, 0.4) is 0 Å². The molecule has 1 aliphatic carbocycles. The van der Waals surface area contributed by atoms with Crippen LogP contribution >= 0.6 is 0 Å². The number of fused-ring (bicyclic) bond motifs is 1. The minimum absolute atomic E-state index is 0.0389. The average Bonchev–Trinajstić information content (AvgIpc) is 2.65. The summed E-state index contributed by atoms with van der Waals surface area (Å²) in [6, 6.07) is 0. The zero-order chi connectivity index (χ0) is 22.1. The molecule has 0 saturated heterocycles. The highest BCUT2D eigenvalue weighted by molar-refractivity contribution is 5.82. The zero-order valence-electron chi connectivity index (χ0n) is 19.4. The minimum atomic E-state index is -0.961. The van der Waals surface area contributed by atoms with Crippen molar-refractivity contribution in [3.05, 3.63) is 46.6 Å². The van der Waals surface area contributed by atoms with E-state index in [0.29, 0.717) is 6.42 Å². The van der Waals surface area contributed by atoms with Gasteiger partial charge in [0.25, 0.3) is 0 Å². The van der Waals surface area contributed by atoms with Crippen molar-refractivity contribution in [3.8, 4) is 0 Å². The summed E-state index contributed by atoms with van der Waals surface area (Å²) in [5.41, 5.74) is 4.75. The van der Waals surface area contributed by atoms with Crippen molar-refractivity contribution in [2.24, 2.45) is 17.8 Å². The molecule has 4 nitrogen and oxygen atoms in total. The molecule has 1 saturated carbocycles. The van der Waals surface area contributed by atoms with Crippen LogP contribution in [-0.2, 0) is 14.3 Å². The molecule has 0 aromatic rings. The zero-order valence-corrected chi connectivity index (χ0v) is 19.4. The summed E-state index contributed by atoms with van der Waals surface area (Å²) in [5, 5.41) is 10.1. The average molecular weight is 415 g/mol. The summed E-state index contributed by atoms with van der Waals surface area (Å²) in [6.45, 7) is 12.5. The van der Waals surface area contributed by atoms with E-state index < -0.39 is 5.79 Å². The molecule has 1 spiro atoms. The number of ketones is 1. The van der Waals surface area contributed by atoms with Crippen LogP contribution in [0.2, 0.25) is 0 Å². The molecule has 0 radical (unpaired) electrons. The van der Waals surface area contributed by atoms with Crippen LogP contribution in [0.25, 0.3) is 0 Å². The second-order valence-electron chi connectivity index (χ2n) is 9.79. The monoisotopic (exact) mass is 414 g/mol. The first-order valence-corrected chi connectivity index (χ1v) is 11.3. The van der Waals surface area contributed by atoms with E-state index in [0.717, 1.165) is 24.8 Å². The summed E-state index contributed by atoms with van der Waals surface area (Å²) in [6.07, 6.45) is 11.6. The summed E-state index contributed by atoms with van der Waals surface area (Å²) in [7, 11) is 0. The molecular weight excluding hydrogens is 376 g/mol. The fourth-order valence-electron chi connectivity index (χ4n) is 5.02. The molecule has 166 valence electrons. The lowest BCUT2D eigenvalue weighted by Gasteiger charge is -2.49. The van der Waals surface area contributed by atoms with Gasteiger partial charge in [-0.3, -0.25) is 4.79 Å². The van der Waals surface area contributed by atoms with Crippen molar-refractivity contribution < 1.29 is 19.4 Å². The van der Waals surface area contributed by atoms with E-state index in [4.69, 9.17) is 9.47 Å². The Labute approximate surface area is 181 Å². The Hall–Kier alpha value is -1.49. The minimum Gasteiger partial charge on any atom is -0.392 e. The smallest absolute Gasteiger partial charge is 0.209 e. The molecule has 4 heteroatoms. The predicted molar refractivity (Wildman–Crippen MR) is 120 cm³/mol. The van der Waals surface area contributed by atoms with Crippen LogP contribution in [0.4, 0.5) is 0 Å². The molecule has 2 aliphatic heterocycles. The van der Waals surface area contributed by atoms with Gasteiger partial charge < -0.3 is 14.6 Å². The lowest BCUT2D eigenvalue weighted by molar-refractivity contribution is -0.249. The van der Waals surface area contributed by atoms with Gasteiger partial charge in [0.15, 0.2) is 0 Å². The highest BCUT2D eigenvalue weighted by Gasteiger charge is 2.50. The van der Waals surface area contributed by atoms with E-state index in [1.165, 1.54) is 16.7 Å². The van der Waals surface area contributed by atoms with Crippen molar-refractivity contribution in [1.82, 2.24) is 0 Å². The Morgan fingerprint density at radius 3 is 2.60 bits per heavy atom. The topological polar surface area (TPSA) is 55.8 Å². The van der Waals surface area contributed by atoms with E-state index in [1.807, 2.05) is 13.0 Å². The summed E-state index contributed by atoms with van der Waals surface area (Å²) in [5.74, 6) is -0.715. The predicted octanol–water partition coefficient (Wildman–Crippen LogP) is 5.29. The van der Waals surface area contributed by atoms with Gasteiger partial charge in [-0.1, -0.05) is 42.7 Å². The quantitative estimate of drug-likeness (QED) is 0.621. The van der Waals surface area contributed by atoms with E-state index >= 15 is 0 Å². The Kier molecular flexibility index (Phi) is 7.21.